The summed E-state index contributed by atoms with van der Waals surface area (Å²) in [5.41, 5.74) is 3.26. The van der Waals surface area contributed by atoms with Gasteiger partial charge in [-0.1, -0.05) is 0 Å². The van der Waals surface area contributed by atoms with Crippen molar-refractivity contribution in [2.75, 3.05) is 26.3 Å². The van der Waals surface area contributed by atoms with E-state index in [-0.39, 0.29) is 18.1 Å². The highest BCUT2D eigenvalue weighted by atomic mass is 16.5. The van der Waals surface area contributed by atoms with E-state index >= 15 is 0 Å². The van der Waals surface area contributed by atoms with Crippen molar-refractivity contribution in [2.24, 2.45) is 0 Å². The Balaban J connectivity index is 1.65. The average Bonchev–Trinajstić information content (AvgIpc) is 2.99. The molecule has 0 radical (unpaired) electrons. The van der Waals surface area contributed by atoms with Gasteiger partial charge in [0.2, 0.25) is 5.91 Å². The molecule has 0 aromatic carbocycles. The molecule has 2 atom stereocenters. The van der Waals surface area contributed by atoms with Gasteiger partial charge in [0.05, 0.1) is 12.2 Å². The van der Waals surface area contributed by atoms with E-state index in [0.29, 0.717) is 25.6 Å². The van der Waals surface area contributed by atoms with Crippen LogP contribution >= 0.6 is 0 Å². The van der Waals surface area contributed by atoms with Gasteiger partial charge in [0.15, 0.2) is 0 Å². The minimum absolute atomic E-state index is 0.0786. The number of carbonyl (C=O) groups excluding carboxylic acids is 1. The zero-order chi connectivity index (χ0) is 19.0. The van der Waals surface area contributed by atoms with Crippen LogP contribution in [-0.4, -0.2) is 58.9 Å². The van der Waals surface area contributed by atoms with E-state index in [2.05, 4.69) is 28.6 Å². The van der Waals surface area contributed by atoms with Gasteiger partial charge in [0.1, 0.15) is 12.2 Å². The van der Waals surface area contributed by atoms with Gasteiger partial charge >= 0.3 is 0 Å². The van der Waals surface area contributed by atoms with Crippen LogP contribution in [0.1, 0.15) is 43.9 Å². The van der Waals surface area contributed by atoms with E-state index in [1.807, 2.05) is 24.9 Å². The van der Waals surface area contributed by atoms with Crippen molar-refractivity contribution in [1.82, 2.24) is 14.5 Å². The predicted molar refractivity (Wildman–Crippen MR) is 104 cm³/mol. The number of carbonyl (C=O) groups is 1. The van der Waals surface area contributed by atoms with Crippen molar-refractivity contribution in [2.45, 2.75) is 58.3 Å². The van der Waals surface area contributed by atoms with Crippen molar-refractivity contribution >= 4 is 16.9 Å². The highest BCUT2D eigenvalue weighted by Crippen LogP contribution is 2.31. The zero-order valence-electron chi connectivity index (χ0n) is 16.5. The Labute approximate surface area is 160 Å². The first-order valence-corrected chi connectivity index (χ1v) is 9.98. The fourth-order valence-electron chi connectivity index (χ4n) is 4.39. The van der Waals surface area contributed by atoms with E-state index in [4.69, 9.17) is 9.47 Å². The van der Waals surface area contributed by atoms with E-state index in [1.54, 1.807) is 0 Å². The van der Waals surface area contributed by atoms with Crippen molar-refractivity contribution < 1.29 is 14.3 Å². The van der Waals surface area contributed by atoms with E-state index < -0.39 is 0 Å². The quantitative estimate of drug-likeness (QED) is 0.832. The number of ether oxygens (including phenoxy) is 2. The first kappa shape index (κ1) is 18.4. The maximum atomic E-state index is 13.1. The molecule has 2 aliphatic heterocycles. The summed E-state index contributed by atoms with van der Waals surface area (Å²) in [5, 5.41) is 1.12. The third kappa shape index (κ3) is 3.87. The Hall–Kier alpha value is -1.92. The van der Waals surface area contributed by atoms with Crippen LogP contribution in [0.2, 0.25) is 0 Å². The lowest BCUT2D eigenvalue weighted by molar-refractivity contribution is -0.143. The molecule has 6 nitrogen and oxygen atoms in total. The first-order valence-electron chi connectivity index (χ1n) is 9.98. The number of amides is 1. The summed E-state index contributed by atoms with van der Waals surface area (Å²) in [7, 11) is 0. The number of morpholine rings is 1. The molecule has 0 aliphatic carbocycles. The summed E-state index contributed by atoms with van der Waals surface area (Å²) >= 11 is 0. The van der Waals surface area contributed by atoms with Crippen LogP contribution < -0.4 is 0 Å². The standard InChI is InChI=1S/C21H29N3O3/c1-14-8-18-9-19(17-4-6-26-7-5-17)24(21(18)22-10-14)13-20(25)23-11-15(2)27-16(3)12-23/h8-10,15-17H,4-7,11-13H2,1-3H3/t15-,16-/m0/s1. The maximum absolute atomic E-state index is 13.1. The predicted octanol–water partition coefficient (Wildman–Crippen LogP) is 2.87. The van der Waals surface area contributed by atoms with Crippen LogP contribution in [-0.2, 0) is 20.8 Å². The van der Waals surface area contributed by atoms with Crippen LogP contribution in [0.5, 0.6) is 0 Å². The van der Waals surface area contributed by atoms with Crippen molar-refractivity contribution in [1.29, 1.82) is 0 Å². The number of pyridine rings is 1. The van der Waals surface area contributed by atoms with Gasteiger partial charge in [-0.3, -0.25) is 4.79 Å². The largest absolute Gasteiger partial charge is 0.381 e. The Morgan fingerprint density at radius 3 is 2.59 bits per heavy atom. The smallest absolute Gasteiger partial charge is 0.242 e. The van der Waals surface area contributed by atoms with Crippen LogP contribution in [0.15, 0.2) is 18.3 Å². The van der Waals surface area contributed by atoms with Crippen LogP contribution in [0, 0.1) is 6.92 Å². The summed E-state index contributed by atoms with van der Waals surface area (Å²) in [5.74, 6) is 0.564. The summed E-state index contributed by atoms with van der Waals surface area (Å²) in [4.78, 5) is 19.7. The number of hydrogen-bond acceptors (Lipinski definition) is 4. The molecule has 1 amide bonds. The lowest BCUT2D eigenvalue weighted by atomic mass is 9.96. The molecule has 2 fully saturated rings. The fourth-order valence-corrected chi connectivity index (χ4v) is 4.39. The number of nitrogens with zero attached hydrogens (tertiary/aromatic N) is 3. The summed E-state index contributed by atoms with van der Waals surface area (Å²) in [6.07, 6.45) is 4.03. The minimum atomic E-state index is 0.0786. The monoisotopic (exact) mass is 371 g/mol. The average molecular weight is 371 g/mol. The summed E-state index contributed by atoms with van der Waals surface area (Å²) < 4.78 is 13.5. The SMILES string of the molecule is Cc1cnc2c(c1)cc(C1CCOCC1)n2CC(=O)N1C[C@H](C)O[C@@H](C)C1. The van der Waals surface area contributed by atoms with Crippen LogP contribution in [0.4, 0.5) is 0 Å². The molecule has 4 rings (SSSR count). The molecule has 27 heavy (non-hydrogen) atoms. The van der Waals surface area contributed by atoms with Gasteiger partial charge in [-0.25, -0.2) is 4.98 Å². The van der Waals surface area contributed by atoms with E-state index in [9.17, 15) is 4.79 Å². The molecule has 2 aromatic rings. The third-order valence-electron chi connectivity index (χ3n) is 5.61. The number of rotatable bonds is 3. The third-order valence-corrected chi connectivity index (χ3v) is 5.61. The second kappa shape index (κ2) is 7.60. The Morgan fingerprint density at radius 1 is 1.19 bits per heavy atom. The fraction of sp³-hybridized carbons (Fsp3) is 0.619. The number of fused-ring (bicyclic) bond motifs is 1. The maximum Gasteiger partial charge on any atom is 0.242 e. The highest BCUT2D eigenvalue weighted by molar-refractivity contribution is 5.82. The van der Waals surface area contributed by atoms with Gasteiger partial charge < -0.3 is 18.9 Å². The van der Waals surface area contributed by atoms with E-state index in [1.165, 1.54) is 5.69 Å². The van der Waals surface area contributed by atoms with Crippen LogP contribution in [0.3, 0.4) is 0 Å². The normalized spacial score (nSPS) is 24.5. The highest BCUT2D eigenvalue weighted by Gasteiger charge is 2.28. The minimum Gasteiger partial charge on any atom is -0.381 e. The molecule has 4 heterocycles. The molecule has 2 saturated heterocycles. The number of aryl methyl sites for hydroxylation is 1. The Morgan fingerprint density at radius 2 is 1.89 bits per heavy atom. The van der Waals surface area contributed by atoms with Crippen LogP contribution in [0.25, 0.3) is 11.0 Å². The Bertz CT molecular complexity index is 815. The summed E-state index contributed by atoms with van der Waals surface area (Å²) in [6, 6.07) is 4.38. The van der Waals surface area contributed by atoms with Gasteiger partial charge in [-0.05, 0) is 51.3 Å². The molecular formula is C21H29N3O3. The number of aromatic nitrogens is 2. The molecule has 0 unspecified atom stereocenters. The Kier molecular flexibility index (Phi) is 5.19. The number of hydrogen-bond donors (Lipinski definition) is 0. The van der Waals surface area contributed by atoms with Gasteiger partial charge in [0, 0.05) is 49.5 Å². The lowest BCUT2D eigenvalue weighted by Crippen LogP contribution is -2.49. The van der Waals surface area contributed by atoms with Gasteiger partial charge in [-0.15, -0.1) is 0 Å². The lowest BCUT2D eigenvalue weighted by Gasteiger charge is -2.35. The molecular weight excluding hydrogens is 342 g/mol. The first-order chi connectivity index (χ1) is 13.0. The second-order valence-electron chi connectivity index (χ2n) is 8.02. The van der Waals surface area contributed by atoms with Crippen molar-refractivity contribution in [3.63, 3.8) is 0 Å². The summed E-state index contributed by atoms with van der Waals surface area (Å²) in [6.45, 7) is 9.32. The molecule has 0 spiro atoms. The molecule has 6 heteroatoms. The zero-order valence-corrected chi connectivity index (χ0v) is 16.5. The molecule has 2 aromatic heterocycles. The topological polar surface area (TPSA) is 56.6 Å². The molecule has 0 bridgehead atoms. The van der Waals surface area contributed by atoms with Gasteiger partial charge in [0.25, 0.3) is 0 Å². The molecule has 146 valence electrons. The molecule has 0 saturated carbocycles. The molecule has 0 N–H and O–H groups in total. The second-order valence-corrected chi connectivity index (χ2v) is 8.02. The molecule has 2 aliphatic rings. The van der Waals surface area contributed by atoms with Gasteiger partial charge in [-0.2, -0.15) is 0 Å². The van der Waals surface area contributed by atoms with E-state index in [0.717, 1.165) is 42.7 Å². The van der Waals surface area contributed by atoms with Crippen molar-refractivity contribution in [3.05, 3.63) is 29.6 Å². The van der Waals surface area contributed by atoms with Crippen molar-refractivity contribution in [3.8, 4) is 0 Å².